The number of unbranched alkanes of at least 4 members (excludes halogenated alkanes) is 2. The molecule has 3 aliphatic heterocycles. The maximum atomic E-state index is 14.1. The Kier molecular flexibility index (Phi) is 7.25. The first-order valence-electron chi connectivity index (χ1n) is 14.4. The van der Waals surface area contributed by atoms with Gasteiger partial charge in [-0.25, -0.2) is 4.68 Å². The zero-order valence-electron chi connectivity index (χ0n) is 23.2. The van der Waals surface area contributed by atoms with Gasteiger partial charge in [-0.1, -0.05) is 47.7 Å². The maximum absolute atomic E-state index is 14.1. The Hall–Kier alpha value is -3.83. The Balaban J connectivity index is 1.26. The number of aromatic nitrogens is 3. The van der Waals surface area contributed by atoms with Crippen LogP contribution in [0.5, 0.6) is 0 Å². The molecule has 0 aliphatic carbocycles. The first-order valence-corrected chi connectivity index (χ1v) is 14.4. The molecule has 6 rings (SSSR count). The highest BCUT2D eigenvalue weighted by atomic mass is 16.5. The van der Waals surface area contributed by atoms with Crippen molar-refractivity contribution < 1.29 is 24.2 Å². The lowest BCUT2D eigenvalue weighted by Gasteiger charge is -2.33. The van der Waals surface area contributed by atoms with Crippen LogP contribution in [0.2, 0.25) is 0 Å². The third-order valence-corrected chi connectivity index (χ3v) is 9.00. The topological polar surface area (TPSA) is 139 Å². The molecule has 2 bridgehead atoms. The van der Waals surface area contributed by atoms with Gasteiger partial charge in [-0.2, -0.15) is 0 Å². The van der Waals surface area contributed by atoms with E-state index in [0.717, 1.165) is 23.0 Å². The Labute approximate surface area is 238 Å². The number of hydrogen-bond donors (Lipinski definition) is 3. The predicted octanol–water partition coefficient (Wildman–Crippen LogP) is 1.75. The summed E-state index contributed by atoms with van der Waals surface area (Å²) in [6, 6.07) is 16.2. The summed E-state index contributed by atoms with van der Waals surface area (Å²) in [6.07, 6.45) is 3.06. The molecule has 1 spiro atoms. The summed E-state index contributed by atoms with van der Waals surface area (Å²) < 4.78 is 8.28. The fourth-order valence-corrected chi connectivity index (χ4v) is 7.12. The molecule has 0 radical (unpaired) electrons. The van der Waals surface area contributed by atoms with Gasteiger partial charge < -0.3 is 25.4 Å². The second-order valence-electron chi connectivity index (χ2n) is 11.5. The summed E-state index contributed by atoms with van der Waals surface area (Å²) in [5.74, 6) is -2.24. The monoisotopic (exact) mass is 560 g/mol. The summed E-state index contributed by atoms with van der Waals surface area (Å²) in [7, 11) is 0. The van der Waals surface area contributed by atoms with Crippen LogP contribution in [0.1, 0.15) is 44.6 Å². The van der Waals surface area contributed by atoms with Crippen LogP contribution in [-0.4, -0.2) is 73.1 Å². The molecule has 3 fully saturated rings. The van der Waals surface area contributed by atoms with Gasteiger partial charge in [-0.3, -0.25) is 14.4 Å². The van der Waals surface area contributed by atoms with E-state index in [1.807, 2.05) is 61.5 Å². The second-order valence-corrected chi connectivity index (χ2v) is 11.5. The Morgan fingerprint density at radius 2 is 1.80 bits per heavy atom. The molecule has 3 amide bonds. The lowest BCUT2D eigenvalue weighted by Crippen LogP contribution is -2.55. The van der Waals surface area contributed by atoms with Crippen LogP contribution in [0.3, 0.4) is 0 Å². The molecule has 11 heteroatoms. The first-order chi connectivity index (χ1) is 19.9. The highest BCUT2D eigenvalue weighted by Gasteiger charge is 2.77. The van der Waals surface area contributed by atoms with E-state index in [4.69, 9.17) is 4.74 Å². The van der Waals surface area contributed by atoms with Crippen molar-refractivity contribution in [2.75, 3.05) is 13.2 Å². The van der Waals surface area contributed by atoms with Gasteiger partial charge in [0.15, 0.2) is 0 Å². The van der Waals surface area contributed by atoms with Gasteiger partial charge in [0.25, 0.3) is 0 Å². The Morgan fingerprint density at radius 1 is 1.02 bits per heavy atom. The fourth-order valence-electron chi connectivity index (χ4n) is 7.12. The minimum Gasteiger partial charge on any atom is -0.396 e. The third kappa shape index (κ3) is 4.66. The van der Waals surface area contributed by atoms with Gasteiger partial charge in [0.05, 0.1) is 23.0 Å². The van der Waals surface area contributed by atoms with Crippen molar-refractivity contribution in [3.05, 3.63) is 60.2 Å². The summed E-state index contributed by atoms with van der Waals surface area (Å²) in [5, 5.41) is 23.6. The van der Waals surface area contributed by atoms with Crippen molar-refractivity contribution in [1.82, 2.24) is 30.5 Å². The highest BCUT2D eigenvalue weighted by Crippen LogP contribution is 2.63. The summed E-state index contributed by atoms with van der Waals surface area (Å²) >= 11 is 0. The van der Waals surface area contributed by atoms with Crippen LogP contribution in [0, 0.1) is 11.8 Å². The van der Waals surface area contributed by atoms with Crippen LogP contribution < -0.4 is 10.6 Å². The van der Waals surface area contributed by atoms with Crippen molar-refractivity contribution in [3.8, 4) is 0 Å². The number of carbonyl (C=O) groups excluding carboxylic acids is 3. The average Bonchev–Trinajstić information content (AvgIpc) is 3.69. The molecule has 2 aromatic carbocycles. The zero-order chi connectivity index (χ0) is 28.6. The van der Waals surface area contributed by atoms with Crippen LogP contribution in [0.4, 0.5) is 0 Å². The van der Waals surface area contributed by atoms with Gasteiger partial charge in [-0.15, -0.1) is 5.10 Å². The van der Waals surface area contributed by atoms with E-state index in [1.54, 1.807) is 9.58 Å². The molecule has 0 saturated carbocycles. The summed E-state index contributed by atoms with van der Waals surface area (Å²) in [6.45, 7) is 2.74. The molecule has 3 aromatic rings. The van der Waals surface area contributed by atoms with Gasteiger partial charge >= 0.3 is 0 Å². The lowest BCUT2D eigenvalue weighted by atomic mass is 9.66. The molecule has 5 atom stereocenters. The number of para-hydroxylation sites is 1. The van der Waals surface area contributed by atoms with E-state index < -0.39 is 29.1 Å². The average molecular weight is 561 g/mol. The van der Waals surface area contributed by atoms with Crippen molar-refractivity contribution in [2.45, 2.75) is 69.5 Å². The highest BCUT2D eigenvalue weighted by molar-refractivity contribution is 5.99. The Bertz CT molecular complexity index is 1450. The van der Waals surface area contributed by atoms with E-state index in [9.17, 15) is 19.5 Å². The number of benzene rings is 2. The van der Waals surface area contributed by atoms with E-state index in [2.05, 4.69) is 20.9 Å². The first kappa shape index (κ1) is 27.3. The SMILES string of the molecule is C[C@@]12CCC3(O1)C(C(=O)NCn1nnc4ccccc41)N(CCCCCO)C(=O)[C@@H]3[C@@H]2C(=O)NCc1ccccc1. The predicted molar refractivity (Wildman–Crippen MR) is 149 cm³/mol. The molecule has 3 saturated heterocycles. The van der Waals surface area contributed by atoms with Crippen molar-refractivity contribution in [1.29, 1.82) is 0 Å². The molecule has 3 aliphatic rings. The standard InChI is InChI=1S/C30H36N6O5/c1-29-14-15-30(41-29)24(23(29)26(38)31-18-20-10-4-2-5-11-20)28(40)35(16-8-3-9-17-37)25(30)27(39)32-19-36-22-13-7-6-12-21(22)33-34-36/h2,4-7,10-13,23-25,37H,3,8-9,14-19H2,1H3,(H,31,38)(H,32,39)/t23-,24+,25?,29+,30?/m1/s1. The van der Waals surface area contributed by atoms with Gasteiger partial charge in [-0.05, 0) is 56.7 Å². The summed E-state index contributed by atoms with van der Waals surface area (Å²) in [4.78, 5) is 43.3. The number of hydrogen-bond acceptors (Lipinski definition) is 7. The number of likely N-dealkylation sites (tertiary alicyclic amines) is 1. The van der Waals surface area contributed by atoms with Gasteiger partial charge in [0.2, 0.25) is 17.7 Å². The van der Waals surface area contributed by atoms with Crippen LogP contribution in [-0.2, 0) is 32.3 Å². The minimum atomic E-state index is -1.09. The largest absolute Gasteiger partial charge is 0.396 e. The number of nitrogens with zero attached hydrogens (tertiary/aromatic N) is 4. The maximum Gasteiger partial charge on any atom is 0.247 e. The van der Waals surface area contributed by atoms with Gasteiger partial charge in [0, 0.05) is 19.7 Å². The van der Waals surface area contributed by atoms with E-state index in [-0.39, 0.29) is 31.0 Å². The van der Waals surface area contributed by atoms with Crippen molar-refractivity contribution in [3.63, 3.8) is 0 Å². The number of nitrogens with one attached hydrogen (secondary N) is 2. The molecule has 1 aromatic heterocycles. The summed E-state index contributed by atoms with van der Waals surface area (Å²) in [5.41, 5.74) is 0.535. The molecule has 11 nitrogen and oxygen atoms in total. The quantitative estimate of drug-likeness (QED) is 0.304. The van der Waals surface area contributed by atoms with Crippen LogP contribution >= 0.6 is 0 Å². The normalized spacial score (nSPS) is 28.3. The molecule has 41 heavy (non-hydrogen) atoms. The number of aliphatic hydroxyl groups excluding tert-OH is 1. The number of aliphatic hydroxyl groups is 1. The van der Waals surface area contributed by atoms with Crippen molar-refractivity contribution >= 4 is 28.8 Å². The zero-order valence-corrected chi connectivity index (χ0v) is 23.2. The van der Waals surface area contributed by atoms with E-state index in [1.165, 1.54) is 0 Å². The molecule has 216 valence electrons. The smallest absolute Gasteiger partial charge is 0.247 e. The second kappa shape index (κ2) is 10.9. The minimum absolute atomic E-state index is 0.0708. The molecular formula is C30H36N6O5. The molecule has 4 heterocycles. The lowest BCUT2D eigenvalue weighted by molar-refractivity contribution is -0.146. The van der Waals surface area contributed by atoms with Gasteiger partial charge in [0.1, 0.15) is 23.8 Å². The molecule has 3 N–H and O–H groups in total. The third-order valence-electron chi connectivity index (χ3n) is 9.00. The Morgan fingerprint density at radius 3 is 2.61 bits per heavy atom. The molecule has 2 unspecified atom stereocenters. The number of ether oxygens (including phenoxy) is 1. The number of carbonyl (C=O) groups is 3. The fraction of sp³-hybridized carbons (Fsp3) is 0.500. The van der Waals surface area contributed by atoms with Crippen LogP contribution in [0.15, 0.2) is 54.6 Å². The number of fused-ring (bicyclic) bond motifs is 2. The van der Waals surface area contributed by atoms with E-state index >= 15 is 0 Å². The number of amides is 3. The molecular weight excluding hydrogens is 524 g/mol. The van der Waals surface area contributed by atoms with Crippen molar-refractivity contribution in [2.24, 2.45) is 11.8 Å². The van der Waals surface area contributed by atoms with Crippen LogP contribution in [0.25, 0.3) is 11.0 Å². The van der Waals surface area contributed by atoms with E-state index in [0.29, 0.717) is 38.8 Å². The number of rotatable bonds is 11.